The Morgan fingerprint density at radius 3 is 2.89 bits per heavy atom. The van der Waals surface area contributed by atoms with Crippen molar-refractivity contribution in [3.8, 4) is 0 Å². The third-order valence-electron chi connectivity index (χ3n) is 3.43. The first kappa shape index (κ1) is 13.8. The van der Waals surface area contributed by atoms with Gasteiger partial charge in [0.25, 0.3) is 0 Å². The molecule has 0 aliphatic heterocycles. The highest BCUT2D eigenvalue weighted by molar-refractivity contribution is 8.00. The van der Waals surface area contributed by atoms with Gasteiger partial charge < -0.3 is 5.73 Å². The zero-order chi connectivity index (χ0) is 13.1. The van der Waals surface area contributed by atoms with Crippen molar-refractivity contribution in [3.05, 3.63) is 28.8 Å². The molecule has 1 aromatic carbocycles. The van der Waals surface area contributed by atoms with Crippen LogP contribution < -0.4 is 5.73 Å². The molecule has 0 radical (unpaired) electrons. The number of hydrogen-bond donors (Lipinski definition) is 2. The molecule has 0 aromatic heterocycles. The second-order valence-corrected chi connectivity index (χ2v) is 6.79. The molecule has 1 fully saturated rings. The number of amidine groups is 1. The quantitative estimate of drug-likeness (QED) is 0.642. The molecule has 4 heteroatoms. The highest BCUT2D eigenvalue weighted by Gasteiger charge is 2.21. The van der Waals surface area contributed by atoms with Crippen molar-refractivity contribution < 1.29 is 0 Å². The number of nitrogen functional groups attached to an aromatic ring is 1. The summed E-state index contributed by atoms with van der Waals surface area (Å²) in [5.74, 6) is 0.864. The molecule has 2 atom stereocenters. The Morgan fingerprint density at radius 1 is 1.44 bits per heavy atom. The molecule has 2 nitrogen and oxygen atoms in total. The lowest BCUT2D eigenvalue weighted by molar-refractivity contribution is 0.394. The van der Waals surface area contributed by atoms with E-state index in [0.29, 0.717) is 15.8 Å². The van der Waals surface area contributed by atoms with E-state index >= 15 is 0 Å². The fourth-order valence-electron chi connectivity index (χ4n) is 2.53. The van der Waals surface area contributed by atoms with Crippen LogP contribution in [0.2, 0.25) is 5.02 Å². The number of nitrogens with one attached hydrogen (secondary N) is 1. The number of rotatable bonds is 3. The summed E-state index contributed by atoms with van der Waals surface area (Å²) in [6, 6.07) is 5.75. The molecule has 1 saturated carbocycles. The fraction of sp³-hybridized carbons (Fsp3) is 0.500. The van der Waals surface area contributed by atoms with Crippen molar-refractivity contribution in [1.29, 1.82) is 5.41 Å². The van der Waals surface area contributed by atoms with E-state index in [1.54, 1.807) is 6.07 Å². The topological polar surface area (TPSA) is 49.9 Å². The van der Waals surface area contributed by atoms with E-state index in [0.717, 1.165) is 10.8 Å². The summed E-state index contributed by atoms with van der Waals surface area (Å²) >= 11 is 7.97. The predicted molar refractivity (Wildman–Crippen MR) is 79.7 cm³/mol. The van der Waals surface area contributed by atoms with E-state index in [4.69, 9.17) is 22.7 Å². The van der Waals surface area contributed by atoms with E-state index in [-0.39, 0.29) is 5.84 Å². The van der Waals surface area contributed by atoms with Crippen LogP contribution >= 0.6 is 23.4 Å². The van der Waals surface area contributed by atoms with Crippen LogP contribution in [0.3, 0.4) is 0 Å². The van der Waals surface area contributed by atoms with Gasteiger partial charge in [0.1, 0.15) is 5.84 Å². The molecule has 2 unspecified atom stereocenters. The van der Waals surface area contributed by atoms with Crippen LogP contribution in [0.5, 0.6) is 0 Å². The SMILES string of the molecule is CC1CCCC(Sc2cccc(Cl)c2C(=N)N)C1. The molecule has 18 heavy (non-hydrogen) atoms. The van der Waals surface area contributed by atoms with E-state index in [1.807, 2.05) is 23.9 Å². The van der Waals surface area contributed by atoms with Crippen LogP contribution in [0, 0.1) is 11.3 Å². The molecule has 0 bridgehead atoms. The monoisotopic (exact) mass is 282 g/mol. The number of halogens is 1. The Labute approximate surface area is 118 Å². The van der Waals surface area contributed by atoms with E-state index in [2.05, 4.69) is 6.92 Å². The molecule has 3 N–H and O–H groups in total. The summed E-state index contributed by atoms with van der Waals surface area (Å²) in [4.78, 5) is 1.05. The Balaban J connectivity index is 2.18. The summed E-state index contributed by atoms with van der Waals surface area (Å²) in [7, 11) is 0. The maximum Gasteiger partial charge on any atom is 0.125 e. The Kier molecular flexibility index (Phi) is 4.57. The second kappa shape index (κ2) is 5.98. The number of thioether (sulfide) groups is 1. The third-order valence-corrected chi connectivity index (χ3v) is 5.10. The lowest BCUT2D eigenvalue weighted by Crippen LogP contribution is -2.17. The Bertz CT molecular complexity index is 447. The van der Waals surface area contributed by atoms with Crippen molar-refractivity contribution >= 4 is 29.2 Å². The average Bonchev–Trinajstić information content (AvgIpc) is 2.28. The van der Waals surface area contributed by atoms with Gasteiger partial charge in [0.2, 0.25) is 0 Å². The molecule has 1 aromatic rings. The van der Waals surface area contributed by atoms with Crippen LogP contribution in [-0.2, 0) is 0 Å². The lowest BCUT2D eigenvalue weighted by atomic mass is 9.91. The van der Waals surface area contributed by atoms with Crippen molar-refractivity contribution in [2.75, 3.05) is 0 Å². The largest absolute Gasteiger partial charge is 0.384 e. The molecular formula is C14H19ClN2S. The molecule has 0 spiro atoms. The van der Waals surface area contributed by atoms with Crippen molar-refractivity contribution in [2.45, 2.75) is 42.8 Å². The van der Waals surface area contributed by atoms with E-state index < -0.39 is 0 Å². The minimum atomic E-state index is 0.0620. The maximum absolute atomic E-state index is 7.65. The molecular weight excluding hydrogens is 264 g/mol. The highest BCUT2D eigenvalue weighted by Crippen LogP contribution is 2.38. The van der Waals surface area contributed by atoms with Gasteiger partial charge in [-0.1, -0.05) is 37.4 Å². The van der Waals surface area contributed by atoms with Crippen LogP contribution in [0.15, 0.2) is 23.1 Å². The molecule has 98 valence electrons. The average molecular weight is 283 g/mol. The van der Waals surface area contributed by atoms with Crippen LogP contribution in [0.1, 0.15) is 38.2 Å². The van der Waals surface area contributed by atoms with Crippen LogP contribution in [0.25, 0.3) is 0 Å². The van der Waals surface area contributed by atoms with Gasteiger partial charge in [-0.15, -0.1) is 11.8 Å². The first-order chi connectivity index (χ1) is 8.58. The van der Waals surface area contributed by atoms with E-state index in [9.17, 15) is 0 Å². The summed E-state index contributed by atoms with van der Waals surface area (Å²) < 4.78 is 0. The summed E-state index contributed by atoms with van der Waals surface area (Å²) in [6.07, 6.45) is 5.13. The zero-order valence-electron chi connectivity index (χ0n) is 10.6. The second-order valence-electron chi connectivity index (χ2n) is 5.04. The van der Waals surface area contributed by atoms with Gasteiger partial charge in [-0.2, -0.15) is 0 Å². The van der Waals surface area contributed by atoms with Gasteiger partial charge in [-0.3, -0.25) is 5.41 Å². The summed E-state index contributed by atoms with van der Waals surface area (Å²) in [5, 5.41) is 8.86. The maximum atomic E-state index is 7.65. The van der Waals surface area contributed by atoms with E-state index in [1.165, 1.54) is 25.7 Å². The minimum absolute atomic E-state index is 0.0620. The van der Waals surface area contributed by atoms with Crippen LogP contribution in [0.4, 0.5) is 0 Å². The van der Waals surface area contributed by atoms with Gasteiger partial charge in [-0.05, 0) is 30.9 Å². The van der Waals surface area contributed by atoms with Gasteiger partial charge in [-0.25, -0.2) is 0 Å². The smallest absolute Gasteiger partial charge is 0.125 e. The van der Waals surface area contributed by atoms with Gasteiger partial charge in [0, 0.05) is 15.7 Å². The minimum Gasteiger partial charge on any atom is -0.384 e. The standard InChI is InChI=1S/C14H19ClN2S/c1-9-4-2-5-10(8-9)18-12-7-3-6-11(15)13(12)14(16)17/h3,6-7,9-10H,2,4-5,8H2,1H3,(H3,16,17). The highest BCUT2D eigenvalue weighted by atomic mass is 35.5. The normalized spacial score (nSPS) is 23.9. The van der Waals surface area contributed by atoms with Crippen LogP contribution in [-0.4, -0.2) is 11.1 Å². The summed E-state index contributed by atoms with van der Waals surface area (Å²) in [5.41, 5.74) is 6.33. The number of nitrogens with two attached hydrogens (primary N) is 1. The molecule has 1 aliphatic rings. The van der Waals surface area contributed by atoms with Gasteiger partial charge in [0.15, 0.2) is 0 Å². The first-order valence-electron chi connectivity index (χ1n) is 6.37. The van der Waals surface area contributed by atoms with Crippen molar-refractivity contribution in [3.63, 3.8) is 0 Å². The Hall–Kier alpha value is -0.670. The third kappa shape index (κ3) is 3.21. The molecule has 1 aliphatic carbocycles. The Morgan fingerprint density at radius 2 is 2.22 bits per heavy atom. The van der Waals surface area contributed by atoms with Crippen molar-refractivity contribution in [1.82, 2.24) is 0 Å². The molecule has 0 amide bonds. The molecule has 0 saturated heterocycles. The lowest BCUT2D eigenvalue weighted by Gasteiger charge is -2.26. The van der Waals surface area contributed by atoms with Gasteiger partial charge >= 0.3 is 0 Å². The van der Waals surface area contributed by atoms with Gasteiger partial charge in [0.05, 0.1) is 5.02 Å². The predicted octanol–water partition coefficient (Wildman–Crippen LogP) is 4.29. The zero-order valence-corrected chi connectivity index (χ0v) is 12.2. The molecule has 0 heterocycles. The first-order valence-corrected chi connectivity index (χ1v) is 7.63. The van der Waals surface area contributed by atoms with Crippen molar-refractivity contribution in [2.24, 2.45) is 11.7 Å². The molecule has 2 rings (SSSR count). The summed E-state index contributed by atoms with van der Waals surface area (Å²) in [6.45, 7) is 2.32. The fourth-order valence-corrected chi connectivity index (χ4v) is 4.42. The number of benzene rings is 1. The number of hydrogen-bond acceptors (Lipinski definition) is 2.